The smallest absolute Gasteiger partial charge is 0.312 e. The molecule has 0 aliphatic rings. The number of rotatable bonds is 2. The molecule has 76 valence electrons. The van der Waals surface area contributed by atoms with E-state index in [0.29, 0.717) is 18.2 Å². The van der Waals surface area contributed by atoms with Crippen molar-refractivity contribution in [3.8, 4) is 0 Å². The lowest BCUT2D eigenvalue weighted by atomic mass is 10.1. The number of aliphatic carboxylic acids is 1. The van der Waals surface area contributed by atoms with Gasteiger partial charge in [-0.2, -0.15) is 8.78 Å². The van der Waals surface area contributed by atoms with Crippen molar-refractivity contribution in [3.63, 3.8) is 0 Å². The Balaban J connectivity index is 3.21. The third-order valence-electron chi connectivity index (χ3n) is 1.54. The first kappa shape index (κ1) is 10.8. The third kappa shape index (κ3) is 1.82. The maximum atomic E-state index is 12.7. The highest BCUT2D eigenvalue weighted by atomic mass is 35.5. The summed E-state index contributed by atoms with van der Waals surface area (Å²) < 4.78 is 38.0. The molecule has 0 atom stereocenters. The first-order valence-electron chi connectivity index (χ1n) is 3.40. The van der Waals surface area contributed by atoms with Crippen LogP contribution in [0.3, 0.4) is 0 Å². The molecule has 0 aliphatic carbocycles. The Morgan fingerprint density at radius 3 is 2.43 bits per heavy atom. The topological polar surface area (TPSA) is 40.1 Å². The highest BCUT2D eigenvalue weighted by molar-refractivity contribution is 6.30. The van der Waals surface area contributed by atoms with Gasteiger partial charge in [-0.1, -0.05) is 11.6 Å². The third-order valence-corrected chi connectivity index (χ3v) is 1.83. The lowest BCUT2D eigenvalue weighted by molar-refractivity contribution is -0.331. The molecule has 2 nitrogen and oxygen atoms in total. The van der Waals surface area contributed by atoms with Crippen molar-refractivity contribution in [1.29, 1.82) is 0 Å². The number of carboxylic acids is 1. The molecule has 1 aromatic carbocycles. The number of benzene rings is 1. The number of halogens is 4. The largest absolute Gasteiger partial charge is 0.544 e. The highest BCUT2D eigenvalue weighted by Gasteiger charge is 2.33. The molecule has 0 aliphatic heterocycles. The van der Waals surface area contributed by atoms with E-state index in [1.807, 2.05) is 0 Å². The van der Waals surface area contributed by atoms with Gasteiger partial charge in [0.05, 0.1) is 5.02 Å². The highest BCUT2D eigenvalue weighted by Crippen LogP contribution is 2.29. The van der Waals surface area contributed by atoms with E-state index in [-0.39, 0.29) is 0 Å². The zero-order chi connectivity index (χ0) is 10.9. The molecule has 0 unspecified atom stereocenters. The van der Waals surface area contributed by atoms with Crippen molar-refractivity contribution in [2.75, 3.05) is 0 Å². The quantitative estimate of drug-likeness (QED) is 0.759. The van der Waals surface area contributed by atoms with Crippen molar-refractivity contribution < 1.29 is 23.1 Å². The predicted molar refractivity (Wildman–Crippen MR) is 40.3 cm³/mol. The zero-order valence-electron chi connectivity index (χ0n) is 6.56. The van der Waals surface area contributed by atoms with Crippen LogP contribution in [0.1, 0.15) is 5.56 Å². The molecule has 0 fully saturated rings. The molecule has 0 heterocycles. The van der Waals surface area contributed by atoms with Crippen LogP contribution in [0.15, 0.2) is 18.2 Å². The van der Waals surface area contributed by atoms with Crippen LogP contribution in [-0.4, -0.2) is 5.97 Å². The molecular weight excluding hydrogens is 221 g/mol. The van der Waals surface area contributed by atoms with E-state index >= 15 is 0 Å². The van der Waals surface area contributed by atoms with Gasteiger partial charge in [0.2, 0.25) is 0 Å². The second kappa shape index (κ2) is 3.49. The number of hydrogen-bond acceptors (Lipinski definition) is 2. The fourth-order valence-electron chi connectivity index (χ4n) is 0.809. The van der Waals surface area contributed by atoms with Gasteiger partial charge < -0.3 is 9.90 Å². The summed E-state index contributed by atoms with van der Waals surface area (Å²) in [5, 5.41) is 9.45. The van der Waals surface area contributed by atoms with Gasteiger partial charge in [0.1, 0.15) is 11.8 Å². The van der Waals surface area contributed by atoms with Gasteiger partial charge in [-0.15, -0.1) is 0 Å². The summed E-state index contributed by atoms with van der Waals surface area (Å²) in [7, 11) is 0. The van der Waals surface area contributed by atoms with Crippen LogP contribution < -0.4 is 5.11 Å². The van der Waals surface area contributed by atoms with E-state index in [0.717, 1.165) is 0 Å². The number of carbonyl (C=O) groups excluding carboxylic acids is 1. The van der Waals surface area contributed by atoms with E-state index in [2.05, 4.69) is 0 Å². The number of carbonyl (C=O) groups is 1. The second-order valence-electron chi connectivity index (χ2n) is 2.49. The fourth-order valence-corrected chi connectivity index (χ4v) is 0.990. The Morgan fingerprint density at radius 1 is 1.43 bits per heavy atom. The van der Waals surface area contributed by atoms with E-state index in [4.69, 9.17) is 11.6 Å². The van der Waals surface area contributed by atoms with Crippen LogP contribution in [0.2, 0.25) is 5.02 Å². The molecule has 14 heavy (non-hydrogen) atoms. The van der Waals surface area contributed by atoms with Crippen LogP contribution in [0.5, 0.6) is 0 Å². The summed E-state index contributed by atoms with van der Waals surface area (Å²) >= 11 is 5.20. The second-order valence-corrected chi connectivity index (χ2v) is 2.90. The average Bonchev–Trinajstić information content (AvgIpc) is 2.09. The maximum Gasteiger partial charge on any atom is 0.312 e. The zero-order valence-corrected chi connectivity index (χ0v) is 7.32. The van der Waals surface area contributed by atoms with Gasteiger partial charge in [-0.05, 0) is 18.2 Å². The SMILES string of the molecule is O=C([O-])C(F)(F)c1ccc(F)c(Cl)c1. The number of alkyl halides is 2. The molecule has 1 rings (SSSR count). The van der Waals surface area contributed by atoms with Crippen molar-refractivity contribution in [2.45, 2.75) is 5.92 Å². The first-order chi connectivity index (χ1) is 6.35. The van der Waals surface area contributed by atoms with Gasteiger partial charge >= 0.3 is 5.92 Å². The maximum absolute atomic E-state index is 12.7. The van der Waals surface area contributed by atoms with Crippen molar-refractivity contribution in [2.24, 2.45) is 0 Å². The molecule has 6 heteroatoms. The molecule has 0 saturated carbocycles. The lowest BCUT2D eigenvalue weighted by Gasteiger charge is -2.17. The van der Waals surface area contributed by atoms with Crippen molar-refractivity contribution in [3.05, 3.63) is 34.6 Å². The van der Waals surface area contributed by atoms with Crippen LogP contribution in [0, 0.1) is 5.82 Å². The summed E-state index contributed by atoms with van der Waals surface area (Å²) in [6, 6.07) is 1.85. The molecule has 0 saturated heterocycles. The van der Waals surface area contributed by atoms with Crippen molar-refractivity contribution >= 4 is 17.6 Å². The Kier molecular flexibility index (Phi) is 2.71. The summed E-state index contributed by atoms with van der Waals surface area (Å²) in [6.07, 6.45) is 0. The summed E-state index contributed by atoms with van der Waals surface area (Å²) in [6.45, 7) is 0. The summed E-state index contributed by atoms with van der Waals surface area (Å²) in [5.41, 5.74) is -0.913. The molecule has 0 radical (unpaired) electrons. The Hall–Kier alpha value is -1.23. The molecule has 0 aromatic heterocycles. The van der Waals surface area contributed by atoms with Gasteiger partial charge in [-0.25, -0.2) is 4.39 Å². The van der Waals surface area contributed by atoms with Gasteiger partial charge in [0.15, 0.2) is 0 Å². The Bertz CT molecular complexity index is 379. The normalized spacial score (nSPS) is 11.4. The average molecular weight is 224 g/mol. The number of carboxylic acid groups (broad SMARTS) is 1. The minimum Gasteiger partial charge on any atom is -0.544 e. The van der Waals surface area contributed by atoms with Gasteiger partial charge in [0.25, 0.3) is 0 Å². The first-order valence-corrected chi connectivity index (χ1v) is 3.78. The predicted octanol–water partition coefficient (Wildman–Crippen LogP) is 1.32. The lowest BCUT2D eigenvalue weighted by Crippen LogP contribution is -2.39. The summed E-state index contributed by atoms with van der Waals surface area (Å²) in [5.74, 6) is -7.62. The fraction of sp³-hybridized carbons (Fsp3) is 0.125. The molecular formula is C8H3ClF3O2-. The van der Waals surface area contributed by atoms with Crippen LogP contribution in [0.4, 0.5) is 13.2 Å². The van der Waals surface area contributed by atoms with E-state index < -0.39 is 28.3 Å². The van der Waals surface area contributed by atoms with Crippen LogP contribution in [-0.2, 0) is 10.7 Å². The molecule has 0 bridgehead atoms. The summed E-state index contributed by atoms with van der Waals surface area (Å²) in [4.78, 5) is 10.0. The molecule has 0 amide bonds. The van der Waals surface area contributed by atoms with E-state index in [1.165, 1.54) is 0 Å². The van der Waals surface area contributed by atoms with Crippen LogP contribution in [0.25, 0.3) is 0 Å². The van der Waals surface area contributed by atoms with Crippen molar-refractivity contribution in [1.82, 2.24) is 0 Å². The van der Waals surface area contributed by atoms with Gasteiger partial charge in [-0.3, -0.25) is 0 Å². The number of hydrogen-bond donors (Lipinski definition) is 0. The van der Waals surface area contributed by atoms with E-state index in [9.17, 15) is 23.1 Å². The Labute approximate surface area is 81.9 Å². The molecule has 1 aromatic rings. The monoisotopic (exact) mass is 223 g/mol. The minimum atomic E-state index is -4.17. The standard InChI is InChI=1S/C8H4ClF3O2/c9-5-3-4(1-2-6(5)10)8(11,12)7(13)14/h1-3H,(H,13,14)/p-1. The van der Waals surface area contributed by atoms with Crippen LogP contribution >= 0.6 is 11.6 Å². The Morgan fingerprint density at radius 2 is 2.00 bits per heavy atom. The molecule has 0 spiro atoms. The van der Waals surface area contributed by atoms with Gasteiger partial charge in [0, 0.05) is 5.56 Å². The molecule has 0 N–H and O–H groups in total. The minimum absolute atomic E-state index is 0.548. The van der Waals surface area contributed by atoms with E-state index in [1.54, 1.807) is 0 Å².